The molecule has 0 unspecified atom stereocenters. The third-order valence-corrected chi connectivity index (χ3v) is 3.58. The molecule has 7 nitrogen and oxygen atoms in total. The monoisotopic (exact) mass is 403 g/mol. The van der Waals surface area contributed by atoms with Crippen molar-refractivity contribution in [3.63, 3.8) is 0 Å². The second-order valence-corrected chi connectivity index (χ2v) is 6.24. The van der Waals surface area contributed by atoms with Gasteiger partial charge in [-0.1, -0.05) is 13.8 Å². The highest BCUT2D eigenvalue weighted by molar-refractivity contribution is 5.82. The number of aliphatic hydroxyl groups is 2. The molecule has 0 aliphatic heterocycles. The van der Waals surface area contributed by atoms with Crippen LogP contribution in [0.5, 0.6) is 0 Å². The number of carbonyl (C=O) groups is 2. The highest BCUT2D eigenvalue weighted by Crippen LogP contribution is 2.19. The summed E-state index contributed by atoms with van der Waals surface area (Å²) in [5.74, 6) is -0.776. The van der Waals surface area contributed by atoms with Crippen LogP contribution >= 0.6 is 0 Å². The Morgan fingerprint density at radius 2 is 1.83 bits per heavy atom. The number of aromatic nitrogens is 1. The Bertz CT molecular complexity index is 535. The zero-order valence-electron chi connectivity index (χ0n) is 14.3. The van der Waals surface area contributed by atoms with E-state index in [9.17, 15) is 14.7 Å². The minimum absolute atomic E-state index is 0. The molecule has 0 spiro atoms. The predicted octanol–water partition coefficient (Wildman–Crippen LogP) is -3.98. The lowest BCUT2D eigenvalue weighted by atomic mass is 9.87. The molecule has 1 aromatic heterocycles. The van der Waals surface area contributed by atoms with Crippen LogP contribution in [0.3, 0.4) is 0 Å². The maximum atomic E-state index is 11.7. The van der Waals surface area contributed by atoms with Crippen LogP contribution in [-0.4, -0.2) is 41.3 Å². The van der Waals surface area contributed by atoms with Gasteiger partial charge in [0, 0.05) is 37.1 Å². The molecule has 136 valence electrons. The van der Waals surface area contributed by atoms with E-state index in [1.54, 1.807) is 13.8 Å². The van der Waals surface area contributed by atoms with Crippen molar-refractivity contribution in [1.82, 2.24) is 10.6 Å². The first-order valence-corrected chi connectivity index (χ1v) is 7.54. The molecule has 1 heterocycles. The first kappa shape index (κ1) is 22.5. The van der Waals surface area contributed by atoms with E-state index in [0.717, 1.165) is 5.56 Å². The molecular formula is C16H26BrN3O4. The number of hydrogen-bond acceptors (Lipinski definition) is 4. The quantitative estimate of drug-likeness (QED) is 0.332. The number of pyridine rings is 1. The molecule has 0 aromatic carbocycles. The van der Waals surface area contributed by atoms with Gasteiger partial charge in [0.05, 0.1) is 6.61 Å². The number of aliphatic hydroxyl groups excluding tert-OH is 2. The summed E-state index contributed by atoms with van der Waals surface area (Å²) in [4.78, 5) is 23.5. The van der Waals surface area contributed by atoms with Crippen LogP contribution in [0.4, 0.5) is 0 Å². The summed E-state index contributed by atoms with van der Waals surface area (Å²) < 4.78 is 1.90. The van der Waals surface area contributed by atoms with Gasteiger partial charge in [-0.15, -0.1) is 0 Å². The van der Waals surface area contributed by atoms with E-state index < -0.39 is 17.4 Å². The van der Waals surface area contributed by atoms with E-state index in [0.29, 0.717) is 6.54 Å². The predicted molar refractivity (Wildman–Crippen MR) is 84.0 cm³/mol. The van der Waals surface area contributed by atoms with Crippen molar-refractivity contribution in [1.29, 1.82) is 0 Å². The van der Waals surface area contributed by atoms with Gasteiger partial charge in [0.1, 0.15) is 13.2 Å². The molecule has 2 amide bonds. The zero-order chi connectivity index (χ0) is 17.5. The topological polar surface area (TPSA) is 103 Å². The molecule has 24 heavy (non-hydrogen) atoms. The lowest BCUT2D eigenvalue weighted by molar-refractivity contribution is -0.671. The van der Waals surface area contributed by atoms with Crippen LogP contribution in [0.1, 0.15) is 25.8 Å². The molecule has 1 rings (SSSR count). The van der Waals surface area contributed by atoms with E-state index >= 15 is 0 Å². The van der Waals surface area contributed by atoms with Gasteiger partial charge in [-0.2, -0.15) is 0 Å². The van der Waals surface area contributed by atoms with Crippen molar-refractivity contribution < 1.29 is 41.4 Å². The smallest absolute Gasteiger partial charge is 0.249 e. The Morgan fingerprint density at radius 3 is 2.38 bits per heavy atom. The van der Waals surface area contributed by atoms with Gasteiger partial charge in [0.15, 0.2) is 12.4 Å². The fourth-order valence-corrected chi connectivity index (χ4v) is 1.78. The number of aryl methyl sites for hydroxylation is 1. The lowest BCUT2D eigenvalue weighted by Gasteiger charge is -2.27. The van der Waals surface area contributed by atoms with Crippen molar-refractivity contribution in [3.8, 4) is 0 Å². The number of nitrogens with zero attached hydrogens (tertiary/aromatic N) is 1. The average Bonchev–Trinajstić information content (AvgIpc) is 2.53. The normalized spacial score (nSPS) is 12.0. The van der Waals surface area contributed by atoms with Crippen LogP contribution in [-0.2, 0) is 23.2 Å². The van der Waals surface area contributed by atoms with E-state index in [1.807, 2.05) is 36.1 Å². The van der Waals surface area contributed by atoms with Crippen LogP contribution in [0.25, 0.3) is 0 Å². The van der Waals surface area contributed by atoms with Gasteiger partial charge in [-0.05, 0) is 5.56 Å². The Labute approximate surface area is 152 Å². The molecule has 0 fully saturated rings. The molecule has 0 saturated carbocycles. The number of amides is 2. The highest BCUT2D eigenvalue weighted by atomic mass is 79.9. The van der Waals surface area contributed by atoms with Gasteiger partial charge >= 0.3 is 0 Å². The Morgan fingerprint density at radius 1 is 1.25 bits per heavy atom. The fourth-order valence-electron chi connectivity index (χ4n) is 1.78. The van der Waals surface area contributed by atoms with Gasteiger partial charge < -0.3 is 37.8 Å². The summed E-state index contributed by atoms with van der Waals surface area (Å²) in [6, 6.07) is 3.82. The van der Waals surface area contributed by atoms with E-state index in [-0.39, 0.29) is 42.5 Å². The summed E-state index contributed by atoms with van der Waals surface area (Å²) in [5, 5.41) is 24.2. The molecule has 0 aliphatic carbocycles. The van der Waals surface area contributed by atoms with E-state index in [2.05, 4.69) is 10.6 Å². The van der Waals surface area contributed by atoms with Crippen molar-refractivity contribution in [2.75, 3.05) is 13.2 Å². The van der Waals surface area contributed by atoms with Gasteiger partial charge in [0.25, 0.3) is 0 Å². The third-order valence-electron chi connectivity index (χ3n) is 3.58. The Balaban J connectivity index is 0.00000529. The highest BCUT2D eigenvalue weighted by Gasteiger charge is 2.32. The number of halogens is 1. The first-order valence-electron chi connectivity index (χ1n) is 7.54. The third kappa shape index (κ3) is 7.37. The molecule has 4 N–H and O–H groups in total. The second-order valence-electron chi connectivity index (χ2n) is 6.24. The Kier molecular flexibility index (Phi) is 9.72. The Hall–Kier alpha value is -1.51. The minimum atomic E-state index is -1.32. The molecule has 0 bridgehead atoms. The number of rotatable bonds is 8. The number of nitrogens with one attached hydrogen (secondary N) is 2. The molecular weight excluding hydrogens is 378 g/mol. The van der Waals surface area contributed by atoms with Crippen LogP contribution in [0.2, 0.25) is 0 Å². The average molecular weight is 404 g/mol. The van der Waals surface area contributed by atoms with Crippen LogP contribution in [0.15, 0.2) is 24.5 Å². The molecule has 1 atom stereocenters. The molecule has 1 aromatic rings. The standard InChI is InChI=1S/C16H25N3O4.BrH/c1-16(2,11-20)14(22)15(23)17-7-4-13(21)18-10-12-5-8-19(3)9-6-12;/h5-6,8-9,14,20,22H,4,7,10-11H2,1-3H3,(H-,17,18,21,23);1H/t14-;/m0./s1. The van der Waals surface area contributed by atoms with E-state index in [1.165, 1.54) is 0 Å². The van der Waals surface area contributed by atoms with Gasteiger partial charge in [0.2, 0.25) is 11.8 Å². The summed E-state index contributed by atoms with van der Waals surface area (Å²) in [5.41, 5.74) is 0.0658. The first-order chi connectivity index (χ1) is 10.8. The van der Waals surface area contributed by atoms with Crippen molar-refractivity contribution in [3.05, 3.63) is 30.1 Å². The van der Waals surface area contributed by atoms with E-state index in [4.69, 9.17) is 5.11 Å². The fraction of sp³-hybridized carbons (Fsp3) is 0.562. The summed E-state index contributed by atoms with van der Waals surface area (Å²) in [6.45, 7) is 3.42. The van der Waals surface area contributed by atoms with Crippen LogP contribution in [0, 0.1) is 5.41 Å². The summed E-state index contributed by atoms with van der Waals surface area (Å²) in [7, 11) is 1.91. The molecule has 0 aliphatic rings. The maximum absolute atomic E-state index is 11.7. The molecule has 8 heteroatoms. The molecule has 0 saturated heterocycles. The maximum Gasteiger partial charge on any atom is 0.249 e. The largest absolute Gasteiger partial charge is 1.00 e. The van der Waals surface area contributed by atoms with Crippen molar-refractivity contribution in [2.24, 2.45) is 12.5 Å². The second kappa shape index (κ2) is 10.4. The minimum Gasteiger partial charge on any atom is -1.00 e. The van der Waals surface area contributed by atoms with Gasteiger partial charge in [-0.3, -0.25) is 9.59 Å². The van der Waals surface area contributed by atoms with Crippen molar-refractivity contribution >= 4 is 11.8 Å². The number of hydrogen-bond donors (Lipinski definition) is 4. The molecule has 0 radical (unpaired) electrons. The lowest BCUT2D eigenvalue weighted by Crippen LogP contribution is -3.00. The van der Waals surface area contributed by atoms with Crippen LogP contribution < -0.4 is 32.2 Å². The summed E-state index contributed by atoms with van der Waals surface area (Å²) >= 11 is 0. The number of carbonyl (C=O) groups excluding carboxylic acids is 2. The van der Waals surface area contributed by atoms with Gasteiger partial charge in [-0.25, -0.2) is 4.57 Å². The SMILES string of the molecule is C[n+]1ccc(CNC(=O)CCNC(=O)[C@H](O)C(C)(C)CO)cc1.[Br-]. The van der Waals surface area contributed by atoms with Crippen molar-refractivity contribution in [2.45, 2.75) is 32.9 Å². The summed E-state index contributed by atoms with van der Waals surface area (Å²) in [6.07, 6.45) is 2.59. The zero-order valence-corrected chi connectivity index (χ0v) is 15.8.